The largest absolute Gasteiger partial charge is 0.334 e. The molecule has 0 amide bonds. The van der Waals surface area contributed by atoms with E-state index in [0.29, 0.717) is 0 Å². The number of rotatable bonds is 15. The van der Waals surface area contributed by atoms with Crippen molar-refractivity contribution in [3.8, 4) is 0 Å². The number of hydrogen-bond acceptors (Lipinski definition) is 4. The smallest absolute Gasteiger partial charge is 0.0711 e. The van der Waals surface area contributed by atoms with Gasteiger partial charge in [-0.05, 0) is 75.2 Å². The standard InChI is InChI=1S/C46H48N6.ClH/c1-33-45-41(39-21-11-13-23-43(39)51(45)31-35-17-7-5-8-18-35)27-37(49-33)29-47-25-15-3-4-16-26-48-30-38-28-42-40-22-12-14-24-44(40)52(46(42)34(2)50-38)32-36-19-9-6-10-20-36;/h5-14,17-24,27-28,47-48H,3-4,15-16,25-26,29-32H2,1-2H3;1H. The lowest BCUT2D eigenvalue weighted by molar-refractivity contribution is 0.559. The second kappa shape index (κ2) is 16.8. The zero-order chi connectivity index (χ0) is 35.3. The van der Waals surface area contributed by atoms with Crippen LogP contribution in [0.2, 0.25) is 0 Å². The van der Waals surface area contributed by atoms with Crippen molar-refractivity contribution in [2.24, 2.45) is 0 Å². The highest BCUT2D eigenvalue weighted by Crippen LogP contribution is 2.33. The second-order valence-electron chi connectivity index (χ2n) is 14.1. The van der Waals surface area contributed by atoms with Crippen LogP contribution in [-0.4, -0.2) is 32.2 Å². The highest BCUT2D eigenvalue weighted by atomic mass is 35.5. The van der Waals surface area contributed by atoms with Gasteiger partial charge >= 0.3 is 0 Å². The molecule has 8 aromatic rings. The van der Waals surface area contributed by atoms with E-state index in [1.165, 1.54) is 80.4 Å². The van der Waals surface area contributed by atoms with Gasteiger partial charge in [-0.25, -0.2) is 0 Å². The van der Waals surface area contributed by atoms with Crippen LogP contribution in [0, 0.1) is 13.8 Å². The molecule has 0 atom stereocenters. The first-order valence-corrected chi connectivity index (χ1v) is 18.9. The molecule has 2 N–H and O–H groups in total. The molecule has 0 aliphatic carbocycles. The van der Waals surface area contributed by atoms with Gasteiger partial charge in [0.05, 0.1) is 33.8 Å². The van der Waals surface area contributed by atoms with E-state index in [4.69, 9.17) is 9.97 Å². The molecular formula is C46H49ClN6. The van der Waals surface area contributed by atoms with E-state index in [2.05, 4.69) is 155 Å². The van der Waals surface area contributed by atoms with Gasteiger partial charge in [-0.15, -0.1) is 12.4 Å². The minimum Gasteiger partial charge on any atom is -0.334 e. The molecule has 53 heavy (non-hydrogen) atoms. The summed E-state index contributed by atoms with van der Waals surface area (Å²) in [6.07, 6.45) is 4.78. The fraction of sp³-hybridized carbons (Fsp3) is 0.261. The molecule has 7 heteroatoms. The maximum absolute atomic E-state index is 5.05. The average molecular weight is 721 g/mol. The van der Waals surface area contributed by atoms with Gasteiger partial charge in [0.2, 0.25) is 0 Å². The lowest BCUT2D eigenvalue weighted by Gasteiger charge is -2.11. The van der Waals surface area contributed by atoms with Gasteiger partial charge in [-0.2, -0.15) is 0 Å². The number of aromatic nitrogens is 4. The molecule has 0 aliphatic rings. The molecule has 0 saturated heterocycles. The summed E-state index contributed by atoms with van der Waals surface area (Å²) in [4.78, 5) is 10.1. The van der Waals surface area contributed by atoms with Crippen molar-refractivity contribution in [3.05, 3.63) is 155 Å². The highest BCUT2D eigenvalue weighted by Gasteiger charge is 2.16. The Kier molecular flexibility index (Phi) is 11.5. The van der Waals surface area contributed by atoms with Gasteiger partial charge in [-0.3, -0.25) is 9.97 Å². The number of pyridine rings is 2. The van der Waals surface area contributed by atoms with Gasteiger partial charge in [0, 0.05) is 58.8 Å². The van der Waals surface area contributed by atoms with E-state index in [1.807, 2.05) is 0 Å². The van der Waals surface area contributed by atoms with E-state index in [0.717, 1.165) is 62.0 Å². The van der Waals surface area contributed by atoms with Crippen molar-refractivity contribution in [1.29, 1.82) is 0 Å². The predicted octanol–water partition coefficient (Wildman–Crippen LogP) is 10.3. The molecule has 0 saturated carbocycles. The fourth-order valence-corrected chi connectivity index (χ4v) is 8.00. The molecule has 8 rings (SSSR count). The van der Waals surface area contributed by atoms with Gasteiger partial charge in [0.15, 0.2) is 0 Å². The number of unbranched alkanes of at least 4 members (excludes halogenated alkanes) is 3. The Bertz CT molecular complexity index is 2280. The van der Waals surface area contributed by atoms with Gasteiger partial charge in [0.1, 0.15) is 0 Å². The van der Waals surface area contributed by atoms with Gasteiger partial charge in [0.25, 0.3) is 0 Å². The summed E-state index contributed by atoms with van der Waals surface area (Å²) < 4.78 is 4.86. The van der Waals surface area contributed by atoms with Crippen molar-refractivity contribution >= 4 is 56.0 Å². The van der Waals surface area contributed by atoms with Crippen LogP contribution >= 0.6 is 12.4 Å². The number of para-hydroxylation sites is 2. The minimum absolute atomic E-state index is 0. The first-order valence-electron chi connectivity index (χ1n) is 18.9. The summed E-state index contributed by atoms with van der Waals surface area (Å²) in [5.74, 6) is 0. The molecule has 0 bridgehead atoms. The lowest BCUT2D eigenvalue weighted by atomic mass is 10.1. The Hall–Kier alpha value is -5.01. The SMILES string of the molecule is Cc1nc(CNCCCCCCNCc2cc3c4ccccc4n(Cc4ccccc4)c3c(C)n2)cc2c3ccccc3n(Cc3ccccc3)c12.Cl. The van der Waals surface area contributed by atoms with E-state index in [9.17, 15) is 0 Å². The maximum Gasteiger partial charge on any atom is 0.0711 e. The Morgan fingerprint density at radius 1 is 0.472 bits per heavy atom. The van der Waals surface area contributed by atoms with Crippen LogP contribution in [0.25, 0.3) is 43.6 Å². The van der Waals surface area contributed by atoms with Crippen molar-refractivity contribution in [2.45, 2.75) is 65.7 Å². The van der Waals surface area contributed by atoms with Crippen LogP contribution in [-0.2, 0) is 26.2 Å². The summed E-state index contributed by atoms with van der Waals surface area (Å²) in [6.45, 7) is 9.58. The van der Waals surface area contributed by atoms with Gasteiger partial charge < -0.3 is 19.8 Å². The number of hydrogen-bond donors (Lipinski definition) is 2. The summed E-state index contributed by atoms with van der Waals surface area (Å²) in [5, 5.41) is 12.5. The molecule has 270 valence electrons. The van der Waals surface area contributed by atoms with E-state index in [-0.39, 0.29) is 12.4 Å². The topological polar surface area (TPSA) is 59.7 Å². The number of fused-ring (bicyclic) bond motifs is 6. The van der Waals surface area contributed by atoms with Crippen molar-refractivity contribution in [2.75, 3.05) is 13.1 Å². The number of nitrogens with one attached hydrogen (secondary N) is 2. The summed E-state index contributed by atoms with van der Waals surface area (Å²) >= 11 is 0. The zero-order valence-corrected chi connectivity index (χ0v) is 31.6. The molecule has 4 heterocycles. The fourth-order valence-electron chi connectivity index (χ4n) is 8.00. The average Bonchev–Trinajstić information content (AvgIpc) is 3.66. The Morgan fingerprint density at radius 2 is 0.868 bits per heavy atom. The lowest BCUT2D eigenvalue weighted by Crippen LogP contribution is -2.17. The van der Waals surface area contributed by atoms with Gasteiger partial charge in [-0.1, -0.05) is 110 Å². The van der Waals surface area contributed by atoms with Crippen LogP contribution in [0.5, 0.6) is 0 Å². The Morgan fingerprint density at radius 3 is 1.30 bits per heavy atom. The minimum atomic E-state index is 0. The maximum atomic E-state index is 5.05. The molecule has 4 aromatic carbocycles. The molecule has 0 spiro atoms. The third-order valence-electron chi connectivity index (χ3n) is 10.4. The predicted molar refractivity (Wildman–Crippen MR) is 224 cm³/mol. The Balaban J connectivity index is 0.00000435. The van der Waals surface area contributed by atoms with Crippen LogP contribution in [0.15, 0.2) is 121 Å². The van der Waals surface area contributed by atoms with E-state index in [1.54, 1.807) is 0 Å². The third kappa shape index (κ3) is 7.86. The van der Waals surface area contributed by atoms with Crippen LogP contribution < -0.4 is 10.6 Å². The summed E-state index contributed by atoms with van der Waals surface area (Å²) in [6, 6.07) is 43.5. The van der Waals surface area contributed by atoms with Crippen molar-refractivity contribution in [1.82, 2.24) is 29.7 Å². The molecule has 0 fully saturated rings. The molecule has 0 unspecified atom stereocenters. The van der Waals surface area contributed by atoms with E-state index >= 15 is 0 Å². The third-order valence-corrected chi connectivity index (χ3v) is 10.4. The first kappa shape index (κ1) is 36.4. The van der Waals surface area contributed by atoms with Crippen LogP contribution in [0.4, 0.5) is 0 Å². The first-order chi connectivity index (χ1) is 25.6. The number of nitrogens with zero attached hydrogens (tertiary/aromatic N) is 4. The van der Waals surface area contributed by atoms with Crippen molar-refractivity contribution in [3.63, 3.8) is 0 Å². The number of aryl methyl sites for hydroxylation is 2. The Labute approximate surface area is 318 Å². The normalized spacial score (nSPS) is 11.6. The number of benzene rings is 4. The zero-order valence-electron chi connectivity index (χ0n) is 30.8. The molecule has 6 nitrogen and oxygen atoms in total. The van der Waals surface area contributed by atoms with Crippen LogP contribution in [0.1, 0.15) is 59.6 Å². The van der Waals surface area contributed by atoms with E-state index < -0.39 is 0 Å². The monoisotopic (exact) mass is 720 g/mol. The summed E-state index contributed by atoms with van der Waals surface area (Å²) in [7, 11) is 0. The molecule has 4 aromatic heterocycles. The molecular weight excluding hydrogens is 672 g/mol. The van der Waals surface area contributed by atoms with Crippen molar-refractivity contribution < 1.29 is 0 Å². The van der Waals surface area contributed by atoms with Crippen LogP contribution in [0.3, 0.4) is 0 Å². The molecule has 0 aliphatic heterocycles. The quantitative estimate of drug-likeness (QED) is 0.104. The second-order valence-corrected chi connectivity index (χ2v) is 14.1. The molecule has 0 radical (unpaired) electrons. The highest BCUT2D eigenvalue weighted by molar-refractivity contribution is 6.09. The summed E-state index contributed by atoms with van der Waals surface area (Å²) in [5.41, 5.74) is 12.0. The number of halogens is 1.